The second-order valence-electron chi connectivity index (χ2n) is 8.77. The smallest absolute Gasteiger partial charge is 0.303 e. The van der Waals surface area contributed by atoms with Gasteiger partial charge in [0, 0.05) is 38.0 Å². The Morgan fingerprint density at radius 2 is 1.71 bits per heavy atom. The molecule has 0 radical (unpaired) electrons. The summed E-state index contributed by atoms with van der Waals surface area (Å²) in [6.45, 7) is 5.62. The number of amides is 1. The van der Waals surface area contributed by atoms with E-state index in [1.165, 1.54) is 0 Å². The Hall–Kier alpha value is -3.04. The molecule has 8 nitrogen and oxygen atoms in total. The molecule has 1 aliphatic heterocycles. The molecule has 2 aromatic carbocycles. The summed E-state index contributed by atoms with van der Waals surface area (Å²) in [5.41, 5.74) is 3.66. The van der Waals surface area contributed by atoms with Crippen LogP contribution >= 0.6 is 0 Å². The molecule has 0 bridgehead atoms. The van der Waals surface area contributed by atoms with Crippen molar-refractivity contribution in [1.29, 1.82) is 0 Å². The van der Waals surface area contributed by atoms with Gasteiger partial charge in [0.15, 0.2) is 6.29 Å². The lowest BCUT2D eigenvalue weighted by atomic mass is 9.99. The van der Waals surface area contributed by atoms with E-state index in [4.69, 9.17) is 14.6 Å². The number of likely N-dealkylation sites (N-methyl/N-ethyl adjacent to an activating group) is 1. The third-order valence-corrected chi connectivity index (χ3v) is 5.88. The van der Waals surface area contributed by atoms with Gasteiger partial charge >= 0.3 is 5.97 Å². The van der Waals surface area contributed by atoms with Crippen molar-refractivity contribution in [2.24, 2.45) is 0 Å². The maximum Gasteiger partial charge on any atom is 0.303 e. The number of rotatable bonds is 12. The fraction of sp³-hybridized carbons (Fsp3) is 0.407. The van der Waals surface area contributed by atoms with Gasteiger partial charge in [0.2, 0.25) is 5.91 Å². The third-order valence-electron chi connectivity index (χ3n) is 5.88. The Bertz CT molecular complexity index is 976. The molecule has 0 saturated carbocycles. The number of carboxylic acid groups (broad SMARTS) is 1. The highest BCUT2D eigenvalue weighted by atomic mass is 16.7. The normalized spacial score (nSPS) is 19.9. The summed E-state index contributed by atoms with van der Waals surface area (Å²) in [4.78, 5) is 24.5. The molecule has 0 aliphatic carbocycles. The predicted molar refractivity (Wildman–Crippen MR) is 131 cm³/mol. The summed E-state index contributed by atoms with van der Waals surface area (Å²) in [7, 11) is 2.03. The number of hydrogen-bond acceptors (Lipinski definition) is 6. The zero-order chi connectivity index (χ0) is 25.2. The van der Waals surface area contributed by atoms with Gasteiger partial charge in [-0.25, -0.2) is 0 Å². The van der Waals surface area contributed by atoms with Gasteiger partial charge in [0.1, 0.15) is 0 Å². The lowest BCUT2D eigenvalue weighted by Crippen LogP contribution is -2.37. The van der Waals surface area contributed by atoms with Gasteiger partial charge in [-0.05, 0) is 23.7 Å². The first-order valence-electron chi connectivity index (χ1n) is 11.7. The van der Waals surface area contributed by atoms with Crippen molar-refractivity contribution in [3.8, 4) is 0 Å². The number of carbonyl (C=O) groups excluding carboxylic acids is 1. The van der Waals surface area contributed by atoms with Gasteiger partial charge in [0.25, 0.3) is 0 Å². The van der Waals surface area contributed by atoms with E-state index in [9.17, 15) is 14.7 Å². The molecule has 1 heterocycles. The number of ether oxygens (including phenoxy) is 2. The van der Waals surface area contributed by atoms with E-state index in [0.29, 0.717) is 13.0 Å². The van der Waals surface area contributed by atoms with E-state index in [0.717, 1.165) is 35.3 Å². The van der Waals surface area contributed by atoms with Crippen molar-refractivity contribution in [3.63, 3.8) is 0 Å². The van der Waals surface area contributed by atoms with E-state index in [1.54, 1.807) is 0 Å². The van der Waals surface area contributed by atoms with Crippen LogP contribution in [0.1, 0.15) is 53.9 Å². The molecule has 3 rings (SSSR count). The number of aliphatic hydroxyl groups is 1. The highest BCUT2D eigenvalue weighted by molar-refractivity contribution is 5.80. The number of hydrogen-bond donors (Lipinski definition) is 3. The van der Waals surface area contributed by atoms with Gasteiger partial charge < -0.3 is 29.9 Å². The number of carbonyl (C=O) groups is 2. The second-order valence-corrected chi connectivity index (χ2v) is 8.77. The summed E-state index contributed by atoms with van der Waals surface area (Å²) < 4.78 is 12.7. The van der Waals surface area contributed by atoms with Crippen molar-refractivity contribution < 1.29 is 29.3 Å². The van der Waals surface area contributed by atoms with Crippen LogP contribution in [0, 0.1) is 0 Å². The quantitative estimate of drug-likeness (QED) is 0.398. The maximum atomic E-state index is 11.8. The lowest BCUT2D eigenvalue weighted by Gasteiger charge is -2.37. The van der Waals surface area contributed by atoms with Crippen molar-refractivity contribution >= 4 is 11.9 Å². The van der Waals surface area contributed by atoms with Crippen LogP contribution in [0.4, 0.5) is 0 Å². The van der Waals surface area contributed by atoms with E-state index in [1.807, 2.05) is 61.7 Å². The fourth-order valence-electron chi connectivity index (χ4n) is 3.98. The Balaban J connectivity index is 1.68. The zero-order valence-corrected chi connectivity index (χ0v) is 20.1. The average Bonchev–Trinajstić information content (AvgIpc) is 2.86. The minimum absolute atomic E-state index is 0.00112. The first kappa shape index (κ1) is 26.6. The third kappa shape index (κ3) is 8.29. The molecular formula is C27H34N2O6. The number of aliphatic carboxylic acids is 1. The van der Waals surface area contributed by atoms with E-state index in [2.05, 4.69) is 16.8 Å². The van der Waals surface area contributed by atoms with Crippen LogP contribution in [-0.4, -0.2) is 53.2 Å². The maximum absolute atomic E-state index is 11.8. The number of nitrogens with zero attached hydrogens (tertiary/aromatic N) is 1. The lowest BCUT2D eigenvalue weighted by molar-refractivity contribution is -0.252. The number of benzene rings is 2. The van der Waals surface area contributed by atoms with E-state index in [-0.39, 0.29) is 37.6 Å². The van der Waals surface area contributed by atoms with Crippen molar-refractivity contribution in [2.75, 3.05) is 20.1 Å². The Kier molecular flexibility index (Phi) is 9.98. The summed E-state index contributed by atoms with van der Waals surface area (Å²) in [6.07, 6.45) is 1.59. The van der Waals surface area contributed by atoms with E-state index < -0.39 is 12.3 Å². The number of nitrogens with one attached hydrogen (secondary N) is 1. The SMILES string of the molecule is C=CCN(C)C[C@@H]1C[C@H](c2ccc(CO)cc2)O[C@H](c2ccc(CNC(=O)CCC(=O)O)cc2)O1. The van der Waals surface area contributed by atoms with Crippen molar-refractivity contribution in [2.45, 2.75) is 50.9 Å². The minimum atomic E-state index is -0.992. The molecule has 1 aliphatic rings. The molecule has 1 saturated heterocycles. The largest absolute Gasteiger partial charge is 0.481 e. The Morgan fingerprint density at radius 3 is 2.34 bits per heavy atom. The minimum Gasteiger partial charge on any atom is -0.481 e. The number of carboxylic acids is 1. The predicted octanol–water partition coefficient (Wildman–Crippen LogP) is 3.32. The molecule has 35 heavy (non-hydrogen) atoms. The van der Waals surface area contributed by atoms with Crippen LogP contribution in [-0.2, 0) is 32.2 Å². The molecule has 2 aromatic rings. The van der Waals surface area contributed by atoms with Gasteiger partial charge in [-0.1, -0.05) is 54.6 Å². The highest BCUT2D eigenvalue weighted by Gasteiger charge is 2.32. The summed E-state index contributed by atoms with van der Waals surface area (Å²) in [6, 6.07) is 15.4. The fourth-order valence-corrected chi connectivity index (χ4v) is 3.98. The molecule has 0 unspecified atom stereocenters. The summed E-state index contributed by atoms with van der Waals surface area (Å²) in [5, 5.41) is 20.8. The van der Waals surface area contributed by atoms with Crippen LogP contribution in [0.2, 0.25) is 0 Å². The molecule has 0 aromatic heterocycles. The van der Waals surface area contributed by atoms with Crippen LogP contribution < -0.4 is 5.32 Å². The van der Waals surface area contributed by atoms with Crippen LogP contribution in [0.25, 0.3) is 0 Å². The van der Waals surface area contributed by atoms with Crippen molar-refractivity contribution in [1.82, 2.24) is 10.2 Å². The second kappa shape index (κ2) is 13.2. The highest BCUT2D eigenvalue weighted by Crippen LogP contribution is 2.38. The molecule has 8 heteroatoms. The molecule has 1 fully saturated rings. The molecule has 0 spiro atoms. The Morgan fingerprint density at radius 1 is 1.06 bits per heavy atom. The van der Waals surface area contributed by atoms with Crippen molar-refractivity contribution in [3.05, 3.63) is 83.4 Å². The molecule has 1 amide bonds. The zero-order valence-electron chi connectivity index (χ0n) is 20.1. The first-order chi connectivity index (χ1) is 16.9. The van der Waals surface area contributed by atoms with Crippen LogP contribution in [0.5, 0.6) is 0 Å². The molecule has 3 atom stereocenters. The average molecular weight is 483 g/mol. The molecule has 188 valence electrons. The van der Waals surface area contributed by atoms with Gasteiger partial charge in [-0.15, -0.1) is 6.58 Å². The first-order valence-corrected chi connectivity index (χ1v) is 11.7. The number of aliphatic hydroxyl groups excluding tert-OH is 1. The standard InChI is InChI=1S/C27H34N2O6/c1-3-14-29(2)17-23-15-24(21-8-6-20(18-30)7-9-21)35-27(34-23)22-10-4-19(5-11-22)16-28-25(31)12-13-26(32)33/h3-11,23-24,27,30H,1,12-18H2,2H3,(H,28,31)(H,32,33)/t23-,24+,27+/m0/s1. The topological polar surface area (TPSA) is 108 Å². The van der Waals surface area contributed by atoms with Gasteiger partial charge in [-0.2, -0.15) is 0 Å². The molecular weight excluding hydrogens is 448 g/mol. The van der Waals surface area contributed by atoms with Crippen LogP contribution in [0.15, 0.2) is 61.2 Å². The van der Waals surface area contributed by atoms with Gasteiger partial charge in [0.05, 0.1) is 25.2 Å². The molecule has 3 N–H and O–H groups in total. The van der Waals surface area contributed by atoms with Gasteiger partial charge in [-0.3, -0.25) is 9.59 Å². The monoisotopic (exact) mass is 482 g/mol. The summed E-state index contributed by atoms with van der Waals surface area (Å²) >= 11 is 0. The Labute approximate surface area is 206 Å². The van der Waals surface area contributed by atoms with Crippen LogP contribution in [0.3, 0.4) is 0 Å². The van der Waals surface area contributed by atoms with E-state index >= 15 is 0 Å². The summed E-state index contributed by atoms with van der Waals surface area (Å²) in [5.74, 6) is -1.29.